The van der Waals surface area contributed by atoms with E-state index in [1.54, 1.807) is 61.7 Å². The molecule has 2 aromatic carbocycles. The summed E-state index contributed by atoms with van der Waals surface area (Å²) in [6, 6.07) is 13.8. The molecule has 0 unspecified atom stereocenters. The van der Waals surface area contributed by atoms with Gasteiger partial charge >= 0.3 is 5.97 Å². The van der Waals surface area contributed by atoms with Crippen LogP contribution in [0.4, 0.5) is 0 Å². The molecule has 0 aliphatic heterocycles. The van der Waals surface area contributed by atoms with Crippen molar-refractivity contribution in [2.24, 2.45) is 0 Å². The van der Waals surface area contributed by atoms with Gasteiger partial charge in [0.05, 0.1) is 12.1 Å². The molecule has 5 heteroatoms. The highest BCUT2D eigenvalue weighted by Gasteiger charge is 2.11. The van der Waals surface area contributed by atoms with Crippen LogP contribution in [0.2, 0.25) is 5.02 Å². The molecule has 0 radical (unpaired) electrons. The molecule has 0 bridgehead atoms. The van der Waals surface area contributed by atoms with Gasteiger partial charge in [0, 0.05) is 11.6 Å². The molecule has 0 aromatic heterocycles. The topological polar surface area (TPSA) is 52.6 Å². The maximum atomic E-state index is 11.9. The number of hydrogen-bond donors (Lipinski definition) is 0. The Labute approximate surface area is 139 Å². The molecule has 0 saturated carbocycles. The van der Waals surface area contributed by atoms with Gasteiger partial charge in [-0.25, -0.2) is 4.79 Å². The number of hydrogen-bond acceptors (Lipinski definition) is 4. The van der Waals surface area contributed by atoms with E-state index in [1.807, 2.05) is 0 Å². The second kappa shape index (κ2) is 8.15. The first-order chi connectivity index (χ1) is 11.1. The van der Waals surface area contributed by atoms with Crippen molar-refractivity contribution in [2.45, 2.75) is 0 Å². The lowest BCUT2D eigenvalue weighted by Gasteiger charge is -2.03. The van der Waals surface area contributed by atoms with Crippen LogP contribution in [-0.2, 0) is 9.53 Å². The molecule has 0 heterocycles. The fourth-order valence-electron chi connectivity index (χ4n) is 1.83. The molecule has 0 amide bonds. The zero-order valence-electron chi connectivity index (χ0n) is 12.5. The third kappa shape index (κ3) is 4.97. The van der Waals surface area contributed by atoms with Gasteiger partial charge < -0.3 is 9.47 Å². The van der Waals surface area contributed by atoms with Gasteiger partial charge in [0.25, 0.3) is 0 Å². The molecule has 4 nitrogen and oxygen atoms in total. The number of Topliss-reactive ketones (excluding diaryl/α,β-unsaturated/α-hetero) is 1. The molecule has 0 aliphatic rings. The van der Waals surface area contributed by atoms with E-state index in [0.717, 1.165) is 11.3 Å². The molecule has 2 rings (SSSR count). The number of ketones is 1. The summed E-state index contributed by atoms with van der Waals surface area (Å²) < 4.78 is 9.97. The van der Waals surface area contributed by atoms with Crippen LogP contribution >= 0.6 is 11.6 Å². The van der Waals surface area contributed by atoms with Gasteiger partial charge in [-0.3, -0.25) is 4.79 Å². The van der Waals surface area contributed by atoms with Crippen LogP contribution in [-0.4, -0.2) is 25.5 Å². The largest absolute Gasteiger partial charge is 0.497 e. The second-order valence-corrected chi connectivity index (χ2v) is 5.02. The van der Waals surface area contributed by atoms with E-state index in [9.17, 15) is 9.59 Å². The number of ether oxygens (including phenoxy) is 2. The van der Waals surface area contributed by atoms with E-state index >= 15 is 0 Å². The molecular weight excluding hydrogens is 316 g/mol. The van der Waals surface area contributed by atoms with E-state index in [2.05, 4.69) is 0 Å². The van der Waals surface area contributed by atoms with Crippen LogP contribution in [0.3, 0.4) is 0 Å². The van der Waals surface area contributed by atoms with Gasteiger partial charge in [-0.1, -0.05) is 35.9 Å². The van der Waals surface area contributed by atoms with Crippen LogP contribution in [0.25, 0.3) is 6.08 Å². The molecule has 0 aliphatic carbocycles. The average Bonchev–Trinajstić information content (AvgIpc) is 2.58. The van der Waals surface area contributed by atoms with Gasteiger partial charge in [0.15, 0.2) is 6.61 Å². The second-order valence-electron chi connectivity index (χ2n) is 4.62. The summed E-state index contributed by atoms with van der Waals surface area (Å²) in [7, 11) is 1.58. The number of halogens is 1. The lowest BCUT2D eigenvalue weighted by atomic mass is 10.1. The molecule has 0 saturated heterocycles. The summed E-state index contributed by atoms with van der Waals surface area (Å²) in [6.07, 6.45) is 2.86. The smallest absolute Gasteiger partial charge is 0.331 e. The number of methoxy groups -OCH3 is 1. The van der Waals surface area contributed by atoms with E-state index < -0.39 is 5.97 Å². The Morgan fingerprint density at radius 1 is 1.09 bits per heavy atom. The monoisotopic (exact) mass is 330 g/mol. The van der Waals surface area contributed by atoms with Gasteiger partial charge in [0.2, 0.25) is 5.78 Å². The number of carbonyl (C=O) groups excluding carboxylic acids is 2. The van der Waals surface area contributed by atoms with Crippen LogP contribution in [0.1, 0.15) is 15.9 Å². The number of carbonyl (C=O) groups is 2. The van der Waals surface area contributed by atoms with Gasteiger partial charge in [0.1, 0.15) is 5.75 Å². The number of esters is 1. The van der Waals surface area contributed by atoms with E-state index in [4.69, 9.17) is 21.1 Å². The van der Waals surface area contributed by atoms with Gasteiger partial charge in [-0.15, -0.1) is 0 Å². The summed E-state index contributed by atoms with van der Waals surface area (Å²) in [5.74, 6) is -0.210. The summed E-state index contributed by atoms with van der Waals surface area (Å²) in [5, 5.41) is 0.335. The maximum Gasteiger partial charge on any atom is 0.331 e. The van der Waals surface area contributed by atoms with Crippen LogP contribution in [0.15, 0.2) is 54.6 Å². The predicted octanol–water partition coefficient (Wildman–Crippen LogP) is 3.79. The summed E-state index contributed by atoms with van der Waals surface area (Å²) in [5.41, 5.74) is 1.15. The Bertz CT molecular complexity index is 720. The van der Waals surface area contributed by atoms with Crippen LogP contribution < -0.4 is 4.74 Å². The van der Waals surface area contributed by atoms with Crippen molar-refractivity contribution < 1.29 is 19.1 Å². The molecule has 2 aromatic rings. The summed E-state index contributed by atoms with van der Waals surface area (Å²) >= 11 is 5.91. The maximum absolute atomic E-state index is 11.9. The highest BCUT2D eigenvalue weighted by molar-refractivity contribution is 6.34. The Hall–Kier alpha value is -2.59. The third-order valence-corrected chi connectivity index (χ3v) is 3.38. The highest BCUT2D eigenvalue weighted by atomic mass is 35.5. The van der Waals surface area contributed by atoms with Crippen LogP contribution in [0.5, 0.6) is 5.75 Å². The van der Waals surface area contributed by atoms with Crippen molar-refractivity contribution in [3.63, 3.8) is 0 Å². The minimum absolute atomic E-state index is 0.334. The number of benzene rings is 2. The lowest BCUT2D eigenvalue weighted by molar-refractivity contribution is -0.136. The Balaban J connectivity index is 1.88. The minimum atomic E-state index is -0.596. The van der Waals surface area contributed by atoms with Crippen molar-refractivity contribution in [3.8, 4) is 5.75 Å². The molecule has 118 valence electrons. The van der Waals surface area contributed by atoms with Gasteiger partial charge in [-0.2, -0.15) is 0 Å². The van der Waals surface area contributed by atoms with E-state index in [1.165, 1.54) is 6.08 Å². The Morgan fingerprint density at radius 2 is 1.78 bits per heavy atom. The first kappa shape index (κ1) is 16.8. The zero-order valence-corrected chi connectivity index (χ0v) is 13.2. The Morgan fingerprint density at radius 3 is 2.43 bits per heavy atom. The van der Waals surface area contributed by atoms with Crippen molar-refractivity contribution in [1.29, 1.82) is 0 Å². The van der Waals surface area contributed by atoms with Crippen LogP contribution in [0, 0.1) is 0 Å². The fourth-order valence-corrected chi connectivity index (χ4v) is 2.07. The first-order valence-corrected chi connectivity index (χ1v) is 7.24. The highest BCUT2D eigenvalue weighted by Crippen LogP contribution is 2.15. The van der Waals surface area contributed by atoms with E-state index in [-0.39, 0.29) is 12.4 Å². The first-order valence-electron chi connectivity index (χ1n) is 6.87. The normalized spacial score (nSPS) is 10.5. The van der Waals surface area contributed by atoms with Crippen molar-refractivity contribution in [1.82, 2.24) is 0 Å². The number of rotatable bonds is 6. The summed E-state index contributed by atoms with van der Waals surface area (Å²) in [4.78, 5) is 23.6. The fraction of sp³-hybridized carbons (Fsp3) is 0.111. The van der Waals surface area contributed by atoms with Crippen molar-refractivity contribution in [2.75, 3.05) is 13.7 Å². The molecule has 0 N–H and O–H groups in total. The molecular formula is C18H15ClO4. The molecule has 0 atom stereocenters. The predicted molar refractivity (Wildman–Crippen MR) is 88.8 cm³/mol. The summed E-state index contributed by atoms with van der Waals surface area (Å²) in [6.45, 7) is -0.352. The molecule has 0 fully saturated rings. The van der Waals surface area contributed by atoms with Gasteiger partial charge in [-0.05, 0) is 35.9 Å². The van der Waals surface area contributed by atoms with E-state index in [0.29, 0.717) is 10.6 Å². The molecule has 23 heavy (non-hydrogen) atoms. The zero-order chi connectivity index (χ0) is 16.7. The standard InChI is InChI=1S/C18H15ClO4/c1-22-14-9-6-13(7-10-14)8-11-18(21)23-12-17(20)15-4-2-3-5-16(15)19/h2-11H,12H2,1H3/b11-8+. The molecule has 0 spiro atoms. The Kier molecular flexibility index (Phi) is 5.94. The minimum Gasteiger partial charge on any atom is -0.497 e. The van der Waals surface area contributed by atoms with Crippen molar-refractivity contribution >= 4 is 29.4 Å². The average molecular weight is 331 g/mol. The SMILES string of the molecule is COc1ccc(/C=C/C(=O)OCC(=O)c2ccccc2Cl)cc1. The quantitative estimate of drug-likeness (QED) is 0.459. The third-order valence-electron chi connectivity index (χ3n) is 3.05. The lowest BCUT2D eigenvalue weighted by Crippen LogP contribution is -2.12. The van der Waals surface area contributed by atoms with Crippen molar-refractivity contribution in [3.05, 3.63) is 70.8 Å².